The molecule has 0 atom stereocenters. The summed E-state index contributed by atoms with van der Waals surface area (Å²) < 4.78 is 11.9. The van der Waals surface area contributed by atoms with E-state index < -0.39 is 0 Å². The van der Waals surface area contributed by atoms with Gasteiger partial charge in [-0.15, -0.1) is 0 Å². The number of fused-ring (bicyclic) bond motifs is 1. The monoisotopic (exact) mass is 398 g/mol. The van der Waals surface area contributed by atoms with Gasteiger partial charge in [0, 0.05) is 43.6 Å². The van der Waals surface area contributed by atoms with Crippen molar-refractivity contribution < 1.29 is 9.15 Å². The third-order valence-corrected chi connectivity index (χ3v) is 4.96. The number of pyridine rings is 1. The highest BCUT2D eigenvalue weighted by Gasteiger charge is 2.04. The maximum Gasteiger partial charge on any atom is 0.138 e. The molecule has 0 aliphatic carbocycles. The van der Waals surface area contributed by atoms with Crippen molar-refractivity contribution in [3.05, 3.63) is 89.9 Å². The van der Waals surface area contributed by atoms with E-state index in [0.717, 1.165) is 40.9 Å². The fraction of sp³-hybridized carbons (Fsp3) is 0.192. The molecule has 0 amide bonds. The zero-order chi connectivity index (χ0) is 20.8. The number of ether oxygens (including phenoxy) is 1. The van der Waals surface area contributed by atoms with Crippen LogP contribution in [0.1, 0.15) is 23.3 Å². The normalized spacial score (nSPS) is 11.3. The van der Waals surface area contributed by atoms with Crippen molar-refractivity contribution in [1.29, 1.82) is 0 Å². The lowest BCUT2D eigenvalue weighted by Gasteiger charge is -2.11. The lowest BCUT2D eigenvalue weighted by atomic mass is 10.1. The zero-order valence-electron chi connectivity index (χ0n) is 17.4. The molecule has 0 radical (unpaired) electrons. The molecule has 0 bridgehead atoms. The van der Waals surface area contributed by atoms with E-state index in [1.54, 1.807) is 6.20 Å². The van der Waals surface area contributed by atoms with Crippen LogP contribution in [0.3, 0.4) is 0 Å². The van der Waals surface area contributed by atoms with Gasteiger partial charge in [-0.25, -0.2) is 0 Å². The van der Waals surface area contributed by atoms with Crippen LogP contribution in [-0.2, 0) is 6.42 Å². The minimum Gasteiger partial charge on any atom is -0.493 e. The highest BCUT2D eigenvalue weighted by Crippen LogP contribution is 2.26. The van der Waals surface area contributed by atoms with Gasteiger partial charge in [0.05, 0.1) is 6.61 Å². The molecule has 0 aliphatic rings. The van der Waals surface area contributed by atoms with Gasteiger partial charge in [-0.3, -0.25) is 4.98 Å². The Bertz CT molecular complexity index is 1110. The van der Waals surface area contributed by atoms with Gasteiger partial charge >= 0.3 is 0 Å². The molecule has 0 spiro atoms. The molecule has 4 rings (SSSR count). The Morgan fingerprint density at radius 2 is 1.87 bits per heavy atom. The second kappa shape index (κ2) is 9.31. The molecule has 4 heteroatoms. The van der Waals surface area contributed by atoms with Crippen molar-refractivity contribution in [3.8, 4) is 5.75 Å². The maximum absolute atomic E-state index is 5.98. The van der Waals surface area contributed by atoms with Crippen LogP contribution in [0.15, 0.2) is 77.5 Å². The van der Waals surface area contributed by atoms with Crippen LogP contribution in [0, 0.1) is 0 Å². The average Bonchev–Trinajstić information content (AvgIpc) is 3.18. The molecule has 2 aromatic heterocycles. The molecule has 0 fully saturated rings. The number of hydrogen-bond donors (Lipinski definition) is 0. The minimum absolute atomic E-state index is 0.664. The molecule has 2 aromatic carbocycles. The number of aryl methyl sites for hydroxylation is 1. The van der Waals surface area contributed by atoms with Crippen LogP contribution >= 0.6 is 0 Å². The van der Waals surface area contributed by atoms with Crippen molar-refractivity contribution in [2.75, 3.05) is 25.6 Å². The molecule has 0 saturated carbocycles. The highest BCUT2D eigenvalue weighted by molar-refractivity contribution is 5.83. The van der Waals surface area contributed by atoms with Gasteiger partial charge in [0.15, 0.2) is 0 Å². The van der Waals surface area contributed by atoms with Gasteiger partial charge < -0.3 is 14.1 Å². The SMILES string of the molecule is CN(C)c1ccc(/C=C/c2cc3ccc(OCCCc4cccnc4)cc3o2)cc1. The van der Waals surface area contributed by atoms with Crippen molar-refractivity contribution in [2.45, 2.75) is 12.8 Å². The van der Waals surface area contributed by atoms with Gasteiger partial charge in [0.1, 0.15) is 17.1 Å². The average molecular weight is 399 g/mol. The molecule has 0 saturated heterocycles. The maximum atomic E-state index is 5.98. The fourth-order valence-electron chi connectivity index (χ4n) is 3.28. The van der Waals surface area contributed by atoms with Gasteiger partial charge in [-0.2, -0.15) is 0 Å². The van der Waals surface area contributed by atoms with E-state index in [-0.39, 0.29) is 0 Å². The molecule has 0 aliphatic heterocycles. The topological polar surface area (TPSA) is 38.5 Å². The first-order chi connectivity index (χ1) is 14.7. The van der Waals surface area contributed by atoms with Crippen LogP contribution in [0.4, 0.5) is 5.69 Å². The Labute approximate surface area is 177 Å². The first-order valence-corrected chi connectivity index (χ1v) is 10.2. The summed E-state index contributed by atoms with van der Waals surface area (Å²) in [6.07, 6.45) is 9.67. The Morgan fingerprint density at radius 3 is 2.63 bits per heavy atom. The van der Waals surface area contributed by atoms with Crippen LogP contribution < -0.4 is 9.64 Å². The molecular weight excluding hydrogens is 372 g/mol. The Kier molecular flexibility index (Phi) is 6.14. The van der Waals surface area contributed by atoms with E-state index >= 15 is 0 Å². The lowest BCUT2D eigenvalue weighted by molar-refractivity contribution is 0.311. The summed E-state index contributed by atoms with van der Waals surface area (Å²) >= 11 is 0. The first kappa shape index (κ1) is 19.8. The molecule has 4 nitrogen and oxygen atoms in total. The first-order valence-electron chi connectivity index (χ1n) is 10.2. The number of anilines is 1. The van der Waals surface area contributed by atoms with E-state index in [1.165, 1.54) is 11.3 Å². The number of rotatable bonds is 8. The quantitative estimate of drug-likeness (QED) is 0.337. The molecule has 0 unspecified atom stereocenters. The largest absolute Gasteiger partial charge is 0.493 e. The number of hydrogen-bond acceptors (Lipinski definition) is 4. The number of benzene rings is 2. The smallest absolute Gasteiger partial charge is 0.138 e. The fourth-order valence-corrected chi connectivity index (χ4v) is 3.28. The van der Waals surface area contributed by atoms with Gasteiger partial charge in [-0.05, 0) is 66.4 Å². The van der Waals surface area contributed by atoms with E-state index in [0.29, 0.717) is 6.61 Å². The lowest BCUT2D eigenvalue weighted by Crippen LogP contribution is -2.07. The van der Waals surface area contributed by atoms with Crippen LogP contribution in [0.5, 0.6) is 5.75 Å². The van der Waals surface area contributed by atoms with Crippen molar-refractivity contribution in [3.63, 3.8) is 0 Å². The van der Waals surface area contributed by atoms with Crippen molar-refractivity contribution in [1.82, 2.24) is 4.98 Å². The Balaban J connectivity index is 1.36. The summed E-state index contributed by atoms with van der Waals surface area (Å²) in [5.74, 6) is 1.66. The van der Waals surface area contributed by atoms with E-state index in [2.05, 4.69) is 46.3 Å². The van der Waals surface area contributed by atoms with Crippen LogP contribution in [0.2, 0.25) is 0 Å². The van der Waals surface area contributed by atoms with Crippen molar-refractivity contribution >= 4 is 28.8 Å². The summed E-state index contributed by atoms with van der Waals surface area (Å²) in [4.78, 5) is 6.23. The molecule has 30 heavy (non-hydrogen) atoms. The number of nitrogens with zero attached hydrogens (tertiary/aromatic N) is 2. The highest BCUT2D eigenvalue weighted by atomic mass is 16.5. The third kappa shape index (κ3) is 5.09. The minimum atomic E-state index is 0.664. The molecular formula is C26H26N2O2. The second-order valence-corrected chi connectivity index (χ2v) is 7.48. The summed E-state index contributed by atoms with van der Waals surface area (Å²) in [6, 6.07) is 20.5. The summed E-state index contributed by atoms with van der Waals surface area (Å²) in [7, 11) is 4.08. The van der Waals surface area contributed by atoms with E-state index in [4.69, 9.17) is 9.15 Å². The Morgan fingerprint density at radius 1 is 1.00 bits per heavy atom. The molecule has 152 valence electrons. The van der Waals surface area contributed by atoms with E-state index in [9.17, 15) is 0 Å². The van der Waals surface area contributed by atoms with Gasteiger partial charge in [-0.1, -0.05) is 24.3 Å². The predicted molar refractivity (Wildman–Crippen MR) is 124 cm³/mol. The summed E-state index contributed by atoms with van der Waals surface area (Å²) in [5, 5.41) is 1.07. The standard InChI is InChI=1S/C26H26N2O2/c1-28(2)23-11-7-20(8-12-23)9-13-25-17-22-10-14-24(18-26(22)30-25)29-16-4-6-21-5-3-15-27-19-21/h3,5,7-15,17-19H,4,6,16H2,1-2H3/b13-9+. The summed E-state index contributed by atoms with van der Waals surface area (Å²) in [5.41, 5.74) is 4.39. The van der Waals surface area contributed by atoms with Crippen LogP contribution in [0.25, 0.3) is 23.1 Å². The number of aromatic nitrogens is 1. The third-order valence-electron chi connectivity index (χ3n) is 4.96. The van der Waals surface area contributed by atoms with Gasteiger partial charge in [0.2, 0.25) is 0 Å². The molecule has 4 aromatic rings. The van der Waals surface area contributed by atoms with Crippen molar-refractivity contribution in [2.24, 2.45) is 0 Å². The van der Waals surface area contributed by atoms with Gasteiger partial charge in [0.25, 0.3) is 0 Å². The predicted octanol–water partition coefficient (Wildman–Crippen LogP) is 6.08. The van der Waals surface area contributed by atoms with Crippen LogP contribution in [-0.4, -0.2) is 25.7 Å². The molecule has 2 heterocycles. The zero-order valence-corrected chi connectivity index (χ0v) is 17.4. The Hall–Kier alpha value is -3.53. The molecule has 0 N–H and O–H groups in total. The second-order valence-electron chi connectivity index (χ2n) is 7.48. The van der Waals surface area contributed by atoms with E-state index in [1.807, 2.05) is 56.7 Å². The summed E-state index contributed by atoms with van der Waals surface area (Å²) in [6.45, 7) is 0.664. The number of furan rings is 1.